The molecular formula is C14H22ClNS. The summed E-state index contributed by atoms with van der Waals surface area (Å²) in [5.74, 6) is 1.17. The van der Waals surface area contributed by atoms with Crippen molar-refractivity contribution in [2.24, 2.45) is 5.73 Å². The van der Waals surface area contributed by atoms with Gasteiger partial charge in [-0.3, -0.25) is 0 Å². The molecule has 0 aliphatic rings. The Morgan fingerprint density at radius 2 is 2.12 bits per heavy atom. The number of benzene rings is 1. The molecule has 0 saturated heterocycles. The van der Waals surface area contributed by atoms with E-state index < -0.39 is 0 Å². The van der Waals surface area contributed by atoms with Crippen molar-refractivity contribution in [3.05, 3.63) is 34.9 Å². The molecule has 0 aliphatic heterocycles. The van der Waals surface area contributed by atoms with Crippen LogP contribution >= 0.6 is 23.4 Å². The van der Waals surface area contributed by atoms with Crippen LogP contribution in [0.25, 0.3) is 0 Å². The molecule has 3 heteroatoms. The van der Waals surface area contributed by atoms with E-state index in [4.69, 9.17) is 17.3 Å². The largest absolute Gasteiger partial charge is 0.326 e. The number of hydrogen-bond donors (Lipinski definition) is 1. The molecule has 0 heterocycles. The van der Waals surface area contributed by atoms with Crippen molar-refractivity contribution >= 4 is 23.4 Å². The maximum absolute atomic E-state index is 6.22. The molecule has 0 amide bonds. The van der Waals surface area contributed by atoms with Crippen molar-refractivity contribution < 1.29 is 0 Å². The van der Waals surface area contributed by atoms with E-state index in [1.54, 1.807) is 0 Å². The van der Waals surface area contributed by atoms with Crippen LogP contribution in [-0.4, -0.2) is 11.8 Å². The zero-order valence-corrected chi connectivity index (χ0v) is 12.2. The molecule has 1 rings (SSSR count). The first-order valence-corrected chi connectivity index (χ1v) is 7.74. The van der Waals surface area contributed by atoms with Crippen LogP contribution in [0.1, 0.15) is 43.9 Å². The molecule has 2 N–H and O–H groups in total. The molecule has 17 heavy (non-hydrogen) atoms. The summed E-state index contributed by atoms with van der Waals surface area (Å²) < 4.78 is 0. The second-order valence-electron chi connectivity index (χ2n) is 4.27. The zero-order valence-electron chi connectivity index (χ0n) is 10.7. The lowest BCUT2D eigenvalue weighted by atomic mass is 10.0. The van der Waals surface area contributed by atoms with Gasteiger partial charge < -0.3 is 5.73 Å². The summed E-state index contributed by atoms with van der Waals surface area (Å²) in [6.45, 7) is 4.36. The number of nitrogens with two attached hydrogens (primary N) is 1. The molecule has 0 saturated carbocycles. The molecule has 96 valence electrons. The molecule has 0 aliphatic carbocycles. The highest BCUT2D eigenvalue weighted by Crippen LogP contribution is 2.34. The van der Waals surface area contributed by atoms with E-state index in [9.17, 15) is 0 Å². The normalized spacial score (nSPS) is 14.6. The van der Waals surface area contributed by atoms with Gasteiger partial charge in [-0.05, 0) is 36.3 Å². The monoisotopic (exact) mass is 271 g/mol. The number of halogens is 1. The van der Waals surface area contributed by atoms with Gasteiger partial charge >= 0.3 is 0 Å². The minimum atomic E-state index is 0.204. The lowest BCUT2D eigenvalue weighted by Crippen LogP contribution is -2.25. The molecule has 1 nitrogen and oxygen atoms in total. The summed E-state index contributed by atoms with van der Waals surface area (Å²) >= 11 is 8.01. The summed E-state index contributed by atoms with van der Waals surface area (Å²) in [4.78, 5) is 0. The molecule has 0 fully saturated rings. The molecule has 1 aromatic rings. The molecule has 0 spiro atoms. The summed E-state index contributed by atoms with van der Waals surface area (Å²) in [5, 5.41) is 1.16. The third-order valence-corrected chi connectivity index (χ3v) is 4.57. The lowest BCUT2D eigenvalue weighted by Gasteiger charge is -2.23. The van der Waals surface area contributed by atoms with E-state index >= 15 is 0 Å². The average molecular weight is 272 g/mol. The highest BCUT2D eigenvalue weighted by molar-refractivity contribution is 7.99. The fourth-order valence-electron chi connectivity index (χ4n) is 1.72. The third-order valence-electron chi connectivity index (χ3n) is 2.83. The maximum atomic E-state index is 6.22. The first-order chi connectivity index (χ1) is 8.19. The highest BCUT2D eigenvalue weighted by Gasteiger charge is 2.18. The average Bonchev–Trinajstić information content (AvgIpc) is 2.34. The van der Waals surface area contributed by atoms with Crippen molar-refractivity contribution in [2.45, 2.75) is 44.4 Å². The van der Waals surface area contributed by atoms with Crippen LogP contribution in [0.3, 0.4) is 0 Å². The predicted octanol–water partition coefficient (Wildman–Crippen LogP) is 4.65. The Bertz CT molecular complexity index is 330. The molecule has 0 radical (unpaired) electrons. The van der Waals surface area contributed by atoms with Gasteiger partial charge in [0, 0.05) is 16.3 Å². The fourth-order valence-corrected chi connectivity index (χ4v) is 3.41. The molecule has 0 bridgehead atoms. The van der Waals surface area contributed by atoms with Gasteiger partial charge in [0.15, 0.2) is 0 Å². The van der Waals surface area contributed by atoms with Crippen LogP contribution < -0.4 is 5.73 Å². The van der Waals surface area contributed by atoms with Gasteiger partial charge in [0.1, 0.15) is 0 Å². The summed E-state index contributed by atoms with van der Waals surface area (Å²) in [7, 11) is 0. The van der Waals surface area contributed by atoms with Crippen LogP contribution in [0.15, 0.2) is 24.3 Å². The summed E-state index contributed by atoms with van der Waals surface area (Å²) in [6, 6.07) is 8.30. The van der Waals surface area contributed by atoms with Gasteiger partial charge in [0.25, 0.3) is 0 Å². The van der Waals surface area contributed by atoms with Crippen LogP contribution in [0.5, 0.6) is 0 Å². The fraction of sp³-hybridized carbons (Fsp3) is 0.571. The first-order valence-electron chi connectivity index (χ1n) is 6.31. The lowest BCUT2D eigenvalue weighted by molar-refractivity contribution is 0.633. The number of hydrogen-bond acceptors (Lipinski definition) is 2. The van der Waals surface area contributed by atoms with Gasteiger partial charge in [-0.15, -0.1) is 0 Å². The van der Waals surface area contributed by atoms with Crippen molar-refractivity contribution in [1.29, 1.82) is 0 Å². The van der Waals surface area contributed by atoms with E-state index in [0.717, 1.165) is 11.4 Å². The number of rotatable bonds is 7. The van der Waals surface area contributed by atoms with E-state index in [2.05, 4.69) is 19.9 Å². The Labute approximate surface area is 114 Å². The Balaban J connectivity index is 2.74. The predicted molar refractivity (Wildman–Crippen MR) is 79.8 cm³/mol. The second kappa shape index (κ2) is 8.02. The number of thioether (sulfide) groups is 1. The van der Waals surface area contributed by atoms with Gasteiger partial charge in [-0.1, -0.05) is 44.0 Å². The van der Waals surface area contributed by atoms with Crippen LogP contribution in [0.4, 0.5) is 0 Å². The standard InChI is InChI=1S/C14H22ClNS/c1-3-5-9-17-14(13(16)4-2)11-7-6-8-12(15)10-11/h6-8,10,13-14H,3-5,9,16H2,1-2H3. The molecule has 0 aromatic heterocycles. The van der Waals surface area contributed by atoms with E-state index in [-0.39, 0.29) is 6.04 Å². The van der Waals surface area contributed by atoms with Crippen molar-refractivity contribution in [2.75, 3.05) is 5.75 Å². The van der Waals surface area contributed by atoms with Gasteiger partial charge in [0.05, 0.1) is 0 Å². The van der Waals surface area contributed by atoms with Crippen molar-refractivity contribution in [3.63, 3.8) is 0 Å². The first kappa shape index (κ1) is 14.9. The molecule has 2 atom stereocenters. The zero-order chi connectivity index (χ0) is 12.7. The molecule has 2 unspecified atom stereocenters. The Morgan fingerprint density at radius 3 is 2.71 bits per heavy atom. The SMILES string of the molecule is CCCCSC(c1cccc(Cl)c1)C(N)CC. The Kier molecular flexibility index (Phi) is 7.02. The van der Waals surface area contributed by atoms with E-state index in [1.165, 1.54) is 24.2 Å². The summed E-state index contributed by atoms with van der Waals surface area (Å²) in [6.07, 6.45) is 3.48. The van der Waals surface area contributed by atoms with Crippen molar-refractivity contribution in [3.8, 4) is 0 Å². The van der Waals surface area contributed by atoms with Crippen LogP contribution in [0, 0.1) is 0 Å². The van der Waals surface area contributed by atoms with Crippen LogP contribution in [-0.2, 0) is 0 Å². The second-order valence-corrected chi connectivity index (χ2v) is 5.96. The minimum absolute atomic E-state index is 0.204. The molecule has 1 aromatic carbocycles. The maximum Gasteiger partial charge on any atom is 0.0448 e. The van der Waals surface area contributed by atoms with Gasteiger partial charge in [-0.25, -0.2) is 0 Å². The quantitative estimate of drug-likeness (QED) is 0.731. The smallest absolute Gasteiger partial charge is 0.0448 e. The number of unbranched alkanes of at least 4 members (excludes halogenated alkanes) is 1. The van der Waals surface area contributed by atoms with E-state index in [0.29, 0.717) is 5.25 Å². The Hall–Kier alpha value is -0.180. The topological polar surface area (TPSA) is 26.0 Å². The van der Waals surface area contributed by atoms with Gasteiger partial charge in [-0.2, -0.15) is 11.8 Å². The summed E-state index contributed by atoms with van der Waals surface area (Å²) in [5.41, 5.74) is 7.47. The Morgan fingerprint density at radius 1 is 1.35 bits per heavy atom. The van der Waals surface area contributed by atoms with Gasteiger partial charge in [0.2, 0.25) is 0 Å². The van der Waals surface area contributed by atoms with Crippen LogP contribution in [0.2, 0.25) is 5.02 Å². The highest BCUT2D eigenvalue weighted by atomic mass is 35.5. The molecular weight excluding hydrogens is 250 g/mol. The third kappa shape index (κ3) is 4.90. The minimum Gasteiger partial charge on any atom is -0.326 e. The van der Waals surface area contributed by atoms with Crippen molar-refractivity contribution in [1.82, 2.24) is 0 Å². The van der Waals surface area contributed by atoms with E-state index in [1.807, 2.05) is 30.0 Å².